The van der Waals surface area contributed by atoms with E-state index in [9.17, 15) is 63.3 Å². The number of phenolic OH excluding ortho intramolecular Hbond substituents is 1. The summed E-state index contributed by atoms with van der Waals surface area (Å²) in [6.45, 7) is 3.32. The molecule has 1 fully saturated rings. The molecule has 9 atom stereocenters. The van der Waals surface area contributed by atoms with E-state index in [0.717, 1.165) is 17.7 Å². The topological polar surface area (TPSA) is 512 Å². The number of amides is 11. The van der Waals surface area contributed by atoms with Crippen LogP contribution in [0.1, 0.15) is 88.1 Å². The number of rotatable bonds is 37. The normalized spacial score (nSPS) is 15.1. The van der Waals surface area contributed by atoms with Gasteiger partial charge in [-0.15, -0.1) is 0 Å². The molecule has 1 aliphatic rings. The second kappa shape index (κ2) is 37.3. The highest BCUT2D eigenvalue weighted by atomic mass is 79.9. The lowest BCUT2D eigenvalue weighted by Gasteiger charge is -2.30. The number of imidazole rings is 1. The highest BCUT2D eigenvalue weighted by Crippen LogP contribution is 2.29. The van der Waals surface area contributed by atoms with Gasteiger partial charge in [0.05, 0.1) is 25.2 Å². The van der Waals surface area contributed by atoms with Crippen LogP contribution in [0.4, 0.5) is 0 Å². The van der Waals surface area contributed by atoms with Gasteiger partial charge in [0.2, 0.25) is 65.0 Å². The van der Waals surface area contributed by atoms with Crippen molar-refractivity contribution < 1.29 is 72.9 Å². The van der Waals surface area contributed by atoms with Gasteiger partial charge in [-0.05, 0) is 106 Å². The number of aromatic hydroxyl groups is 1. The molecule has 1 saturated heterocycles. The monoisotopic (exact) mass is 1460 g/mol. The molecule has 6 aromatic rings. The van der Waals surface area contributed by atoms with Gasteiger partial charge in [-0.25, -0.2) is 4.98 Å². The van der Waals surface area contributed by atoms with Crippen LogP contribution in [-0.4, -0.2) is 193 Å². The highest BCUT2D eigenvalue weighted by molar-refractivity contribution is 9.10. The number of aliphatic hydroxyl groups excluding tert-OH is 1. The first kappa shape index (κ1) is 77.4. The van der Waals surface area contributed by atoms with Crippen molar-refractivity contribution in [3.05, 3.63) is 131 Å². The molecule has 0 aliphatic carbocycles. The number of halogens is 1. The highest BCUT2D eigenvalue weighted by Gasteiger charge is 2.40. The van der Waals surface area contributed by atoms with Crippen molar-refractivity contribution >= 4 is 115 Å². The van der Waals surface area contributed by atoms with Crippen molar-refractivity contribution in [1.82, 2.24) is 67.7 Å². The number of aromatic nitrogens is 3. The Bertz CT molecular complexity index is 3980. The number of fused-ring (bicyclic) bond motifs is 2. The number of hydrogen-bond acceptors (Lipinski definition) is 16. The van der Waals surface area contributed by atoms with E-state index in [4.69, 9.17) is 17.2 Å². The average molecular weight is 1460 g/mol. The minimum atomic E-state index is -1.87. The summed E-state index contributed by atoms with van der Waals surface area (Å²) in [5, 5.41) is 56.4. The van der Waals surface area contributed by atoms with Crippen LogP contribution >= 0.6 is 15.9 Å². The average Bonchev–Trinajstić information content (AvgIpc) is 1.31. The van der Waals surface area contributed by atoms with Crippen LogP contribution in [0.2, 0.25) is 0 Å². The smallest absolute Gasteiger partial charge is 0.303 e. The van der Waals surface area contributed by atoms with Crippen LogP contribution < -0.4 is 65.1 Å². The Balaban J connectivity index is 1.19. The number of aliphatic carboxylic acids is 1. The van der Waals surface area contributed by atoms with E-state index in [1.165, 1.54) is 41.7 Å². The Labute approximate surface area is 588 Å². The second-order valence-corrected chi connectivity index (χ2v) is 25.7. The summed E-state index contributed by atoms with van der Waals surface area (Å²) in [5.41, 5.74) is 18.8. The molecule has 0 bridgehead atoms. The zero-order valence-electron chi connectivity index (χ0n) is 55.9. The maximum Gasteiger partial charge on any atom is 0.303 e. The number of para-hydroxylation sites is 1. The lowest BCUT2D eigenvalue weighted by Crippen LogP contribution is -2.62. The summed E-state index contributed by atoms with van der Waals surface area (Å²) < 4.78 is 0.556. The fraction of sp³-hybridized carbons (Fsp3) is 0.412. The third-order valence-corrected chi connectivity index (χ3v) is 17.6. The van der Waals surface area contributed by atoms with Crippen LogP contribution in [0.15, 0.2) is 113 Å². The lowest BCUT2D eigenvalue weighted by atomic mass is 9.98. The molecule has 11 amide bonds. The van der Waals surface area contributed by atoms with Gasteiger partial charge in [-0.2, -0.15) is 0 Å². The van der Waals surface area contributed by atoms with Crippen molar-refractivity contribution in [1.29, 1.82) is 0 Å². The Kier molecular flexibility index (Phi) is 28.6. The predicted octanol–water partition coefficient (Wildman–Crippen LogP) is -0.769. The fourth-order valence-electron chi connectivity index (χ4n) is 11.6. The van der Waals surface area contributed by atoms with Crippen molar-refractivity contribution in [3.8, 4) is 5.75 Å². The second-order valence-electron chi connectivity index (χ2n) is 24.9. The first-order chi connectivity index (χ1) is 48.2. The number of carbonyl (C=O) groups excluding carboxylic acids is 11. The van der Waals surface area contributed by atoms with Gasteiger partial charge in [0, 0.05) is 79.9 Å². The number of benzene rings is 4. The minimum absolute atomic E-state index is 0.00640. The standard InChI is InChI=1S/C68H86BrN17O15/c1-36(2)26-49(60(94)79-48(14-8-24-74-68(71)72)67(101)86-25-9-15-55(86)66(100)76-33-56(70)90)80-62(96)51(28-40-19-18-39-10-4-5-12-45(39)58(40)69)82-61(95)50(27-38-16-20-43(89)21-17-38)81-65(99)54(34-87)85-63(97)52(29-41-31-75-46-13-7-6-11-44(41)46)83-64(98)53(30-42-32-73-35-77-42)84-59(93)47(78-37(3)88)22-23-57(91)92/h4-7,10-13,16-21,31-32,35-36,47-55,75,87,89H,8-9,14-15,22-30,33-34H2,1-3H3,(H2,70,90)(H,73,77)(H,76,100)(H,78,88)(H,79,94)(H,80,96)(H,81,99)(H,82,95)(H,83,98)(H,84,93)(H,85,97)(H,91,92)(H4,71,72,74)/t47-,48-,49-,50-,51+,52-,53-,54-,55-/m0/s1. The first-order valence-electron chi connectivity index (χ1n) is 32.8. The summed E-state index contributed by atoms with van der Waals surface area (Å²) >= 11 is 3.70. The molecule has 33 heteroatoms. The fourth-order valence-corrected chi connectivity index (χ4v) is 12.3. The number of aromatic amines is 2. The SMILES string of the molecule is CC(=O)N[C@@H](CCC(=O)O)C(=O)N[C@@H](Cc1c[nH]cn1)C(=O)N[C@@H](Cc1c[nH]c2ccccc12)C(=O)N[C@@H](CO)C(=O)N[C@@H](Cc1ccc(O)cc1)C(=O)N[C@H](Cc1ccc2ccccc2c1Br)C(=O)N[C@@H](CC(C)C)C(=O)N[C@@H](CCCN=C(N)N)C(=O)N1CCC[C@H]1C(=O)NCC(N)=O. The lowest BCUT2D eigenvalue weighted by molar-refractivity contribution is -0.142. The van der Waals surface area contributed by atoms with E-state index in [1.54, 1.807) is 56.4 Å². The third-order valence-electron chi connectivity index (χ3n) is 16.7. The van der Waals surface area contributed by atoms with Crippen LogP contribution in [0.3, 0.4) is 0 Å². The van der Waals surface area contributed by atoms with Crippen molar-refractivity contribution in [2.24, 2.45) is 28.1 Å². The van der Waals surface area contributed by atoms with E-state index in [2.05, 4.69) is 83.7 Å². The number of hydrogen-bond donors (Lipinski definition) is 17. The number of aliphatic hydroxyl groups is 1. The number of carbonyl (C=O) groups is 12. The zero-order valence-corrected chi connectivity index (χ0v) is 57.5. The van der Waals surface area contributed by atoms with E-state index in [1.807, 2.05) is 24.3 Å². The number of likely N-dealkylation sites (tertiary alicyclic amines) is 1. The van der Waals surface area contributed by atoms with Crippen LogP contribution in [0, 0.1) is 5.92 Å². The summed E-state index contributed by atoms with van der Waals surface area (Å²) in [6, 6.07) is 10.2. The number of nitrogens with zero attached hydrogens (tertiary/aromatic N) is 3. The molecule has 7 rings (SSSR count). The van der Waals surface area contributed by atoms with E-state index in [0.29, 0.717) is 38.5 Å². The van der Waals surface area contributed by atoms with Gasteiger partial charge >= 0.3 is 5.97 Å². The largest absolute Gasteiger partial charge is 0.508 e. The molecule has 101 heavy (non-hydrogen) atoms. The molecule has 0 radical (unpaired) electrons. The van der Waals surface area contributed by atoms with Gasteiger partial charge in [0.15, 0.2) is 5.96 Å². The van der Waals surface area contributed by atoms with Crippen molar-refractivity contribution in [2.75, 3.05) is 26.2 Å². The molecular weight excluding hydrogens is 1370 g/mol. The molecule has 0 unspecified atom stereocenters. The molecule has 4 aromatic carbocycles. The summed E-state index contributed by atoms with van der Waals surface area (Å²) in [5.74, 6) is -11.4. The number of aliphatic imine (C=N–C) groups is 1. The number of carboxylic acid groups (broad SMARTS) is 1. The number of carboxylic acids is 1. The number of phenols is 1. The maximum absolute atomic E-state index is 15.2. The van der Waals surface area contributed by atoms with Gasteiger partial charge < -0.3 is 95.2 Å². The minimum Gasteiger partial charge on any atom is -0.508 e. The molecular formula is C68H86BrN17O15. The number of nitrogens with one attached hydrogen (secondary N) is 11. The van der Waals surface area contributed by atoms with Crippen LogP contribution in [0.5, 0.6) is 5.75 Å². The van der Waals surface area contributed by atoms with E-state index >= 15 is 9.59 Å². The summed E-state index contributed by atoms with van der Waals surface area (Å²) in [6.07, 6.45) is 3.16. The Morgan fingerprint density at radius 3 is 1.81 bits per heavy atom. The van der Waals surface area contributed by atoms with Gasteiger partial charge in [0.1, 0.15) is 60.1 Å². The van der Waals surface area contributed by atoms with Gasteiger partial charge in [-0.3, -0.25) is 62.5 Å². The van der Waals surface area contributed by atoms with E-state index in [-0.39, 0.29) is 94.2 Å². The quantitative estimate of drug-likeness (QED) is 0.0129. The maximum atomic E-state index is 15.2. The summed E-state index contributed by atoms with van der Waals surface area (Å²) in [4.78, 5) is 182. The summed E-state index contributed by atoms with van der Waals surface area (Å²) in [7, 11) is 0. The molecule has 1 aliphatic heterocycles. The molecule has 2 aromatic heterocycles. The number of nitrogens with two attached hydrogens (primary N) is 3. The molecule has 3 heterocycles. The zero-order chi connectivity index (χ0) is 73.4. The molecule has 32 nitrogen and oxygen atoms in total. The molecule has 0 saturated carbocycles. The van der Waals surface area contributed by atoms with E-state index < -0.39 is 145 Å². The van der Waals surface area contributed by atoms with Crippen molar-refractivity contribution in [2.45, 2.75) is 146 Å². The Morgan fingerprint density at radius 1 is 0.644 bits per heavy atom. The van der Waals surface area contributed by atoms with Crippen LogP contribution in [-0.2, 0) is 83.2 Å². The Hall–Kier alpha value is -11.0. The molecule has 540 valence electrons. The molecule has 20 N–H and O–H groups in total. The Morgan fingerprint density at radius 2 is 1.21 bits per heavy atom. The van der Waals surface area contributed by atoms with Gasteiger partial charge in [-0.1, -0.05) is 80.6 Å². The van der Waals surface area contributed by atoms with Crippen molar-refractivity contribution in [3.63, 3.8) is 0 Å². The number of guanidine groups is 1. The number of primary amides is 1. The van der Waals surface area contributed by atoms with Gasteiger partial charge in [0.25, 0.3) is 0 Å². The number of H-pyrrole nitrogens is 2. The predicted molar refractivity (Wildman–Crippen MR) is 373 cm³/mol. The van der Waals surface area contributed by atoms with Crippen LogP contribution in [0.25, 0.3) is 21.7 Å². The molecule has 0 spiro atoms. The first-order valence-corrected chi connectivity index (χ1v) is 33.6. The third kappa shape index (κ3) is 23.1.